The number of halogens is 2. The number of carbonyl (C=O) groups is 2. The van der Waals surface area contributed by atoms with Crippen molar-refractivity contribution in [2.75, 3.05) is 5.32 Å². The fourth-order valence-electron chi connectivity index (χ4n) is 5.00. The van der Waals surface area contributed by atoms with E-state index in [1.54, 1.807) is 18.2 Å². The number of nitrogens with zero attached hydrogens (tertiary/aromatic N) is 1. The molecule has 6 rings (SSSR count). The van der Waals surface area contributed by atoms with Crippen LogP contribution in [0.4, 0.5) is 10.1 Å². The van der Waals surface area contributed by atoms with Crippen molar-refractivity contribution < 1.29 is 23.5 Å². The van der Waals surface area contributed by atoms with Crippen LogP contribution in [0.25, 0.3) is 22.2 Å². The predicted molar refractivity (Wildman–Crippen MR) is 139 cm³/mol. The van der Waals surface area contributed by atoms with Gasteiger partial charge in [0.1, 0.15) is 17.3 Å². The smallest absolute Gasteiger partial charge is 0.335 e. The van der Waals surface area contributed by atoms with Crippen LogP contribution in [0.15, 0.2) is 83.4 Å². The van der Waals surface area contributed by atoms with Crippen LogP contribution in [0, 0.1) is 5.82 Å². The highest BCUT2D eigenvalue weighted by atomic mass is 35.5. The Morgan fingerprint density at radius 3 is 2.76 bits per heavy atom. The Kier molecular flexibility index (Phi) is 5.57. The number of carboxylic acids is 1. The molecule has 3 aromatic carbocycles. The summed E-state index contributed by atoms with van der Waals surface area (Å²) in [4.78, 5) is 24.3. The van der Waals surface area contributed by atoms with Crippen molar-refractivity contribution in [3.63, 3.8) is 0 Å². The molecule has 37 heavy (non-hydrogen) atoms. The molecule has 8 heteroatoms. The summed E-state index contributed by atoms with van der Waals surface area (Å²) in [6, 6.07) is 20.1. The van der Waals surface area contributed by atoms with Crippen LogP contribution >= 0.6 is 11.6 Å². The van der Waals surface area contributed by atoms with Crippen molar-refractivity contribution in [2.45, 2.75) is 18.9 Å². The van der Waals surface area contributed by atoms with Crippen molar-refractivity contribution in [1.82, 2.24) is 4.57 Å². The van der Waals surface area contributed by atoms with Gasteiger partial charge in [-0.25, -0.2) is 9.18 Å². The van der Waals surface area contributed by atoms with Gasteiger partial charge < -0.3 is 19.4 Å². The highest BCUT2D eigenvalue weighted by Gasteiger charge is 2.30. The molecular weight excluding hydrogens is 495 g/mol. The highest BCUT2D eigenvalue weighted by Crippen LogP contribution is 2.42. The topological polar surface area (TPSA) is 84.5 Å². The Morgan fingerprint density at radius 2 is 1.95 bits per heavy atom. The number of hydrogen-bond acceptors (Lipinski definition) is 3. The number of aromatic nitrogens is 1. The Balaban J connectivity index is 1.46. The third-order valence-corrected chi connectivity index (χ3v) is 7.00. The molecule has 1 amide bonds. The fourth-order valence-corrected chi connectivity index (χ4v) is 5.21. The van der Waals surface area contributed by atoms with E-state index in [0.717, 1.165) is 22.0 Å². The number of nitrogens with one attached hydrogen (secondary N) is 1. The molecular formula is C29H20ClFN2O4. The third-order valence-electron chi connectivity index (χ3n) is 6.67. The quantitative estimate of drug-likeness (QED) is 0.267. The van der Waals surface area contributed by atoms with Gasteiger partial charge in [0.2, 0.25) is 5.91 Å². The standard InChI is InChI=1S/C29H20ClFN2O4/c30-22-8-7-17(29(35)36)12-20(22)26-10-9-25(37-26)19-13-27(34)32-23-5-2-6-24-28(23)21(19)15-33(24)14-16-3-1-4-18(31)11-16/h1-12,15,19H,13-14H2,(H,32,34)(H,35,36)/t19-/m0/s1. The summed E-state index contributed by atoms with van der Waals surface area (Å²) in [6.45, 7) is 0.458. The van der Waals surface area contributed by atoms with Crippen LogP contribution < -0.4 is 5.32 Å². The van der Waals surface area contributed by atoms with Gasteiger partial charge >= 0.3 is 5.97 Å². The van der Waals surface area contributed by atoms with E-state index in [4.69, 9.17) is 16.0 Å². The summed E-state index contributed by atoms with van der Waals surface area (Å²) < 4.78 is 22.1. The molecule has 0 unspecified atom stereocenters. The lowest BCUT2D eigenvalue weighted by molar-refractivity contribution is -0.116. The second kappa shape index (κ2) is 8.94. The van der Waals surface area contributed by atoms with E-state index in [-0.39, 0.29) is 23.7 Å². The van der Waals surface area contributed by atoms with E-state index in [2.05, 4.69) is 5.32 Å². The molecule has 0 radical (unpaired) electrons. The van der Waals surface area contributed by atoms with Gasteiger partial charge in [0.15, 0.2) is 0 Å². The molecule has 3 heterocycles. The molecule has 0 saturated heterocycles. The summed E-state index contributed by atoms with van der Waals surface area (Å²) in [7, 11) is 0. The maximum atomic E-state index is 13.8. The molecule has 0 saturated carbocycles. The van der Waals surface area contributed by atoms with Crippen molar-refractivity contribution in [2.24, 2.45) is 0 Å². The summed E-state index contributed by atoms with van der Waals surface area (Å²) in [6.07, 6.45) is 2.15. The van der Waals surface area contributed by atoms with Gasteiger partial charge in [0.05, 0.1) is 27.7 Å². The highest BCUT2D eigenvalue weighted by molar-refractivity contribution is 6.33. The lowest BCUT2D eigenvalue weighted by atomic mass is 9.93. The minimum absolute atomic E-state index is 0.0938. The van der Waals surface area contributed by atoms with Crippen LogP contribution in [0.2, 0.25) is 5.02 Å². The number of carboxylic acid groups (broad SMARTS) is 1. The van der Waals surface area contributed by atoms with Crippen LogP contribution in [0.3, 0.4) is 0 Å². The summed E-state index contributed by atoms with van der Waals surface area (Å²) in [5.41, 5.74) is 3.90. The molecule has 0 aliphatic carbocycles. The van der Waals surface area contributed by atoms with Gasteiger partial charge in [-0.3, -0.25) is 4.79 Å². The number of aromatic carboxylic acids is 1. The first kappa shape index (κ1) is 23.1. The molecule has 0 bridgehead atoms. The van der Waals surface area contributed by atoms with Crippen LogP contribution in [-0.2, 0) is 11.3 Å². The zero-order valence-corrected chi connectivity index (χ0v) is 20.1. The molecule has 0 fully saturated rings. The van der Waals surface area contributed by atoms with Gasteiger partial charge in [0.25, 0.3) is 0 Å². The first-order valence-electron chi connectivity index (χ1n) is 11.7. The molecule has 184 valence electrons. The average molecular weight is 515 g/mol. The van der Waals surface area contributed by atoms with E-state index in [1.807, 2.05) is 35.0 Å². The van der Waals surface area contributed by atoms with E-state index in [0.29, 0.717) is 34.3 Å². The van der Waals surface area contributed by atoms with Crippen LogP contribution in [0.5, 0.6) is 0 Å². The van der Waals surface area contributed by atoms with Gasteiger partial charge in [0, 0.05) is 30.1 Å². The molecule has 0 spiro atoms. The lowest BCUT2D eigenvalue weighted by Gasteiger charge is -2.11. The van der Waals surface area contributed by atoms with Gasteiger partial charge in [-0.2, -0.15) is 0 Å². The van der Waals surface area contributed by atoms with Crippen LogP contribution in [0.1, 0.15) is 39.6 Å². The molecule has 1 aliphatic rings. The number of rotatable bonds is 5. The summed E-state index contributed by atoms with van der Waals surface area (Å²) in [5, 5.41) is 13.6. The van der Waals surface area contributed by atoms with Crippen molar-refractivity contribution >= 4 is 40.1 Å². The van der Waals surface area contributed by atoms with E-state index in [1.165, 1.54) is 30.3 Å². The largest absolute Gasteiger partial charge is 0.478 e. The van der Waals surface area contributed by atoms with Crippen molar-refractivity contribution in [3.05, 3.63) is 112 Å². The zero-order valence-electron chi connectivity index (χ0n) is 19.4. The summed E-state index contributed by atoms with van der Waals surface area (Å²) >= 11 is 6.36. The zero-order chi connectivity index (χ0) is 25.7. The van der Waals surface area contributed by atoms with Gasteiger partial charge in [-0.05, 0) is 65.7 Å². The number of carbonyl (C=O) groups excluding carboxylic acids is 1. The van der Waals surface area contributed by atoms with E-state index in [9.17, 15) is 19.1 Å². The first-order chi connectivity index (χ1) is 17.9. The maximum absolute atomic E-state index is 13.8. The minimum Gasteiger partial charge on any atom is -0.478 e. The normalized spacial score (nSPS) is 15.0. The van der Waals surface area contributed by atoms with Crippen molar-refractivity contribution in [1.29, 1.82) is 0 Å². The lowest BCUT2D eigenvalue weighted by Crippen LogP contribution is -2.13. The first-order valence-corrected chi connectivity index (χ1v) is 12.0. The molecule has 5 aromatic rings. The number of furan rings is 1. The second-order valence-corrected chi connectivity index (χ2v) is 9.46. The Hall–Kier alpha value is -4.36. The Morgan fingerprint density at radius 1 is 1.11 bits per heavy atom. The van der Waals surface area contributed by atoms with Crippen molar-refractivity contribution in [3.8, 4) is 11.3 Å². The average Bonchev–Trinajstić information content (AvgIpc) is 3.45. The number of benzene rings is 3. The summed E-state index contributed by atoms with van der Waals surface area (Å²) in [5.74, 6) is -0.928. The molecule has 1 aliphatic heterocycles. The number of anilines is 1. The second-order valence-electron chi connectivity index (χ2n) is 9.05. The van der Waals surface area contributed by atoms with Crippen LogP contribution in [-0.4, -0.2) is 21.6 Å². The maximum Gasteiger partial charge on any atom is 0.335 e. The predicted octanol–water partition coefficient (Wildman–Crippen LogP) is 6.91. The molecule has 1 atom stereocenters. The van der Waals surface area contributed by atoms with E-state index >= 15 is 0 Å². The fraction of sp³-hybridized carbons (Fsp3) is 0.103. The Labute approximate surface area is 215 Å². The Bertz CT molecular complexity index is 1700. The molecule has 2 aromatic heterocycles. The molecule has 2 N–H and O–H groups in total. The number of amides is 1. The molecule has 6 nitrogen and oxygen atoms in total. The minimum atomic E-state index is -1.07. The number of hydrogen-bond donors (Lipinski definition) is 2. The SMILES string of the molecule is O=C1C[C@H](c2ccc(-c3cc(C(=O)O)ccc3Cl)o2)c2cn(Cc3cccc(F)c3)c3cccc(c23)N1. The monoisotopic (exact) mass is 514 g/mol. The van der Waals surface area contributed by atoms with Gasteiger partial charge in [-0.15, -0.1) is 0 Å². The third kappa shape index (κ3) is 4.17. The van der Waals surface area contributed by atoms with Gasteiger partial charge in [-0.1, -0.05) is 29.8 Å². The van der Waals surface area contributed by atoms with E-state index < -0.39 is 11.9 Å².